The maximum absolute atomic E-state index is 12.1. The lowest BCUT2D eigenvalue weighted by Gasteiger charge is -2.08. The van der Waals surface area contributed by atoms with Gasteiger partial charge in [0.15, 0.2) is 5.78 Å². The second-order valence-electron chi connectivity index (χ2n) is 4.89. The van der Waals surface area contributed by atoms with Crippen molar-refractivity contribution in [3.63, 3.8) is 0 Å². The lowest BCUT2D eigenvalue weighted by Crippen LogP contribution is -2.12. The Morgan fingerprint density at radius 1 is 0.850 bits per heavy atom. The van der Waals surface area contributed by atoms with Crippen molar-refractivity contribution in [3.8, 4) is 0 Å². The van der Waals surface area contributed by atoms with Gasteiger partial charge in [0, 0.05) is 16.8 Å². The first kappa shape index (κ1) is 14.0. The van der Waals surface area contributed by atoms with Gasteiger partial charge in [-0.1, -0.05) is 18.2 Å². The minimum Gasteiger partial charge on any atom is -0.322 e. The third-order valence-corrected chi connectivity index (χ3v) is 3.32. The van der Waals surface area contributed by atoms with Crippen LogP contribution in [0.5, 0.6) is 0 Å². The molecule has 3 heteroatoms. The molecule has 2 rings (SSSR count). The molecule has 0 saturated carbocycles. The number of rotatable bonds is 3. The quantitative estimate of drug-likeness (QED) is 0.861. The highest BCUT2D eigenvalue weighted by Gasteiger charge is 2.07. The van der Waals surface area contributed by atoms with Crippen LogP contribution in [0.2, 0.25) is 0 Å². The number of hydrogen-bond acceptors (Lipinski definition) is 2. The van der Waals surface area contributed by atoms with E-state index >= 15 is 0 Å². The molecule has 0 radical (unpaired) electrons. The predicted molar refractivity (Wildman–Crippen MR) is 80.3 cm³/mol. The molecule has 0 spiro atoms. The summed E-state index contributed by atoms with van der Waals surface area (Å²) >= 11 is 0. The monoisotopic (exact) mass is 267 g/mol. The van der Waals surface area contributed by atoms with Crippen molar-refractivity contribution in [2.75, 3.05) is 5.32 Å². The van der Waals surface area contributed by atoms with Crippen molar-refractivity contribution in [3.05, 3.63) is 64.7 Å². The van der Waals surface area contributed by atoms with Gasteiger partial charge in [0.25, 0.3) is 5.91 Å². The molecule has 0 fully saturated rings. The molecule has 2 aromatic carbocycles. The molecule has 0 aliphatic heterocycles. The molecule has 0 aliphatic rings. The molecule has 102 valence electrons. The van der Waals surface area contributed by atoms with Crippen molar-refractivity contribution in [2.24, 2.45) is 0 Å². The van der Waals surface area contributed by atoms with Crippen LogP contribution < -0.4 is 5.32 Å². The minimum absolute atomic E-state index is 0.00822. The lowest BCUT2D eigenvalue weighted by atomic mass is 10.1. The Morgan fingerprint density at radius 2 is 1.45 bits per heavy atom. The number of nitrogens with one attached hydrogen (secondary N) is 1. The lowest BCUT2D eigenvalue weighted by molar-refractivity contribution is 0.101. The molecule has 1 amide bonds. The Bertz CT molecular complexity index is 657. The smallest absolute Gasteiger partial charge is 0.255 e. The van der Waals surface area contributed by atoms with Gasteiger partial charge in [-0.05, 0) is 56.2 Å². The van der Waals surface area contributed by atoms with E-state index in [0.717, 1.165) is 11.3 Å². The summed E-state index contributed by atoms with van der Waals surface area (Å²) in [6, 6.07) is 12.4. The fraction of sp³-hybridized carbons (Fsp3) is 0.176. The van der Waals surface area contributed by atoms with E-state index in [0.29, 0.717) is 11.1 Å². The third-order valence-electron chi connectivity index (χ3n) is 3.32. The standard InChI is InChI=1S/C17H17NO2/c1-11-4-9-16(10-12(11)2)18-17(20)15-7-5-14(6-8-15)13(3)19/h4-10H,1-3H3,(H,18,20). The van der Waals surface area contributed by atoms with Gasteiger partial charge < -0.3 is 5.32 Å². The number of Topliss-reactive ketones (excluding diaryl/α,β-unsaturated/α-hetero) is 1. The van der Waals surface area contributed by atoms with E-state index in [4.69, 9.17) is 0 Å². The first-order chi connectivity index (χ1) is 9.47. The van der Waals surface area contributed by atoms with Crippen LogP contribution in [0, 0.1) is 13.8 Å². The normalized spacial score (nSPS) is 10.2. The topological polar surface area (TPSA) is 46.2 Å². The highest BCUT2D eigenvalue weighted by Crippen LogP contribution is 2.15. The molecular weight excluding hydrogens is 250 g/mol. The second kappa shape index (κ2) is 5.70. The molecule has 2 aromatic rings. The first-order valence-corrected chi connectivity index (χ1v) is 6.47. The summed E-state index contributed by atoms with van der Waals surface area (Å²) in [4.78, 5) is 23.3. The van der Waals surface area contributed by atoms with E-state index < -0.39 is 0 Å². The van der Waals surface area contributed by atoms with Gasteiger partial charge in [-0.25, -0.2) is 0 Å². The van der Waals surface area contributed by atoms with Gasteiger partial charge in [0.2, 0.25) is 0 Å². The number of amides is 1. The highest BCUT2D eigenvalue weighted by atomic mass is 16.1. The zero-order chi connectivity index (χ0) is 14.7. The van der Waals surface area contributed by atoms with Crippen molar-refractivity contribution in [1.29, 1.82) is 0 Å². The molecule has 20 heavy (non-hydrogen) atoms. The largest absolute Gasteiger partial charge is 0.322 e. The van der Waals surface area contributed by atoms with Crippen molar-refractivity contribution in [2.45, 2.75) is 20.8 Å². The van der Waals surface area contributed by atoms with Crippen LogP contribution in [-0.2, 0) is 0 Å². The molecule has 0 aliphatic carbocycles. The van der Waals surface area contributed by atoms with Crippen LogP contribution >= 0.6 is 0 Å². The van der Waals surface area contributed by atoms with Gasteiger partial charge in [-0.2, -0.15) is 0 Å². The fourth-order valence-electron chi connectivity index (χ4n) is 1.88. The summed E-state index contributed by atoms with van der Waals surface area (Å²) in [7, 11) is 0. The maximum atomic E-state index is 12.1. The Hall–Kier alpha value is -2.42. The third kappa shape index (κ3) is 3.12. The number of anilines is 1. The Labute approximate surface area is 118 Å². The fourth-order valence-corrected chi connectivity index (χ4v) is 1.88. The minimum atomic E-state index is -0.177. The van der Waals surface area contributed by atoms with E-state index in [1.807, 2.05) is 32.0 Å². The Morgan fingerprint density at radius 3 is 2.00 bits per heavy atom. The van der Waals surface area contributed by atoms with Gasteiger partial charge in [-0.3, -0.25) is 9.59 Å². The van der Waals surface area contributed by atoms with E-state index in [1.54, 1.807) is 24.3 Å². The van der Waals surface area contributed by atoms with Gasteiger partial charge in [0.05, 0.1) is 0 Å². The summed E-state index contributed by atoms with van der Waals surface area (Å²) < 4.78 is 0. The van der Waals surface area contributed by atoms with Gasteiger partial charge in [0.1, 0.15) is 0 Å². The van der Waals surface area contributed by atoms with Crippen LogP contribution in [0.15, 0.2) is 42.5 Å². The zero-order valence-corrected chi connectivity index (χ0v) is 11.9. The van der Waals surface area contributed by atoms with Gasteiger partial charge >= 0.3 is 0 Å². The second-order valence-corrected chi connectivity index (χ2v) is 4.89. The van der Waals surface area contributed by atoms with Crippen LogP contribution in [0.25, 0.3) is 0 Å². The zero-order valence-electron chi connectivity index (χ0n) is 11.9. The predicted octanol–water partition coefficient (Wildman–Crippen LogP) is 3.76. The summed E-state index contributed by atoms with van der Waals surface area (Å²) in [6.45, 7) is 5.54. The SMILES string of the molecule is CC(=O)c1ccc(C(=O)Nc2ccc(C)c(C)c2)cc1. The molecule has 0 saturated heterocycles. The van der Waals surface area contributed by atoms with E-state index in [9.17, 15) is 9.59 Å². The van der Waals surface area contributed by atoms with Crippen molar-refractivity contribution in [1.82, 2.24) is 0 Å². The summed E-state index contributed by atoms with van der Waals surface area (Å²) in [5, 5.41) is 2.85. The molecule has 0 heterocycles. The first-order valence-electron chi connectivity index (χ1n) is 6.47. The number of ketones is 1. The summed E-state index contributed by atoms with van der Waals surface area (Å²) in [5.41, 5.74) is 4.23. The van der Waals surface area contributed by atoms with Crippen LogP contribution in [-0.4, -0.2) is 11.7 Å². The van der Waals surface area contributed by atoms with E-state index in [-0.39, 0.29) is 11.7 Å². The average molecular weight is 267 g/mol. The number of carbonyl (C=O) groups excluding carboxylic acids is 2. The van der Waals surface area contributed by atoms with Crippen LogP contribution in [0.4, 0.5) is 5.69 Å². The Balaban J connectivity index is 2.15. The summed E-state index contributed by atoms with van der Waals surface area (Å²) in [6.07, 6.45) is 0. The molecule has 1 N–H and O–H groups in total. The molecule has 0 bridgehead atoms. The molecule has 3 nitrogen and oxygen atoms in total. The molecule has 0 aromatic heterocycles. The van der Waals surface area contributed by atoms with Crippen molar-refractivity contribution >= 4 is 17.4 Å². The molecular formula is C17H17NO2. The van der Waals surface area contributed by atoms with Crippen molar-refractivity contribution < 1.29 is 9.59 Å². The maximum Gasteiger partial charge on any atom is 0.255 e. The molecule has 0 unspecified atom stereocenters. The van der Waals surface area contributed by atoms with Crippen LogP contribution in [0.3, 0.4) is 0 Å². The number of benzene rings is 2. The van der Waals surface area contributed by atoms with Gasteiger partial charge in [-0.15, -0.1) is 0 Å². The van der Waals surface area contributed by atoms with E-state index in [1.165, 1.54) is 12.5 Å². The number of aryl methyl sites for hydroxylation is 2. The summed E-state index contributed by atoms with van der Waals surface area (Å²) in [5.74, 6) is -0.186. The number of carbonyl (C=O) groups is 2. The van der Waals surface area contributed by atoms with E-state index in [2.05, 4.69) is 5.32 Å². The Kier molecular flexibility index (Phi) is 3.99. The number of hydrogen-bond donors (Lipinski definition) is 1. The molecule has 0 atom stereocenters. The van der Waals surface area contributed by atoms with Crippen LogP contribution in [0.1, 0.15) is 38.8 Å². The highest BCUT2D eigenvalue weighted by molar-refractivity contribution is 6.05. The average Bonchev–Trinajstić information content (AvgIpc) is 2.43.